The van der Waals surface area contributed by atoms with E-state index >= 15 is 0 Å². The van der Waals surface area contributed by atoms with E-state index in [1.165, 1.54) is 180 Å². The monoisotopic (exact) mass is 1020 g/mol. The van der Waals surface area contributed by atoms with E-state index in [2.05, 4.69) is 93.7 Å². The van der Waals surface area contributed by atoms with Crippen LogP contribution in [0.3, 0.4) is 0 Å². The fourth-order valence-electron chi connectivity index (χ4n) is 9.00. The molecule has 1 atom stereocenters. The molecule has 0 rings (SSSR count). The maximum Gasteiger partial charge on any atom is 0.306 e. The van der Waals surface area contributed by atoms with Gasteiger partial charge >= 0.3 is 17.9 Å². The lowest BCUT2D eigenvalue weighted by Gasteiger charge is -2.18. The van der Waals surface area contributed by atoms with Crippen LogP contribution in [0.2, 0.25) is 0 Å². The van der Waals surface area contributed by atoms with Gasteiger partial charge in [0.15, 0.2) is 6.10 Å². The Morgan fingerprint density at radius 1 is 0.288 bits per heavy atom. The van der Waals surface area contributed by atoms with Crippen LogP contribution in [0.4, 0.5) is 0 Å². The molecule has 0 aromatic rings. The molecule has 0 spiro atoms. The van der Waals surface area contributed by atoms with E-state index in [0.717, 1.165) is 96.3 Å². The third-order valence-electron chi connectivity index (χ3n) is 13.7. The summed E-state index contributed by atoms with van der Waals surface area (Å²) in [5, 5.41) is 0. The Balaban J connectivity index is 4.42. The molecular weight excluding hydrogens is 901 g/mol. The molecule has 0 heterocycles. The second-order valence-electron chi connectivity index (χ2n) is 20.9. The second-order valence-corrected chi connectivity index (χ2v) is 20.9. The molecule has 1 unspecified atom stereocenters. The van der Waals surface area contributed by atoms with Gasteiger partial charge < -0.3 is 14.2 Å². The maximum atomic E-state index is 12.9. The van der Waals surface area contributed by atoms with E-state index in [4.69, 9.17) is 14.2 Å². The van der Waals surface area contributed by atoms with Gasteiger partial charge in [-0.3, -0.25) is 14.4 Å². The molecule has 0 bridgehead atoms. The smallest absolute Gasteiger partial charge is 0.306 e. The van der Waals surface area contributed by atoms with Crippen molar-refractivity contribution in [1.29, 1.82) is 0 Å². The highest BCUT2D eigenvalue weighted by Crippen LogP contribution is 2.17. The maximum absolute atomic E-state index is 12.9. The first-order valence-electron chi connectivity index (χ1n) is 31.4. The molecule has 0 aromatic carbocycles. The van der Waals surface area contributed by atoms with E-state index < -0.39 is 6.10 Å². The van der Waals surface area contributed by atoms with Crippen molar-refractivity contribution < 1.29 is 28.6 Å². The highest BCUT2D eigenvalue weighted by molar-refractivity contribution is 5.71. The number of hydrogen-bond donors (Lipinski definition) is 0. The quantitative estimate of drug-likeness (QED) is 0.0261. The third-order valence-corrected chi connectivity index (χ3v) is 13.7. The summed E-state index contributed by atoms with van der Waals surface area (Å²) in [5.41, 5.74) is 0. The Labute approximate surface area is 453 Å². The zero-order chi connectivity index (χ0) is 52.9. The van der Waals surface area contributed by atoms with Gasteiger partial charge in [0.25, 0.3) is 0 Å². The summed E-state index contributed by atoms with van der Waals surface area (Å²) >= 11 is 0. The van der Waals surface area contributed by atoms with Crippen molar-refractivity contribution in [2.45, 2.75) is 322 Å². The van der Waals surface area contributed by atoms with Crippen LogP contribution in [-0.4, -0.2) is 37.2 Å². The number of allylic oxidation sites excluding steroid dienone is 12. The van der Waals surface area contributed by atoms with E-state index in [1.54, 1.807) is 0 Å². The average molecular weight is 1020 g/mol. The molecule has 0 saturated carbocycles. The van der Waals surface area contributed by atoms with Gasteiger partial charge in [-0.1, -0.05) is 280 Å². The fraction of sp³-hybridized carbons (Fsp3) is 0.776. The molecule has 0 aromatic heterocycles. The Morgan fingerprint density at radius 3 is 0.863 bits per heavy atom. The lowest BCUT2D eigenvalue weighted by molar-refractivity contribution is -0.167. The molecule has 0 N–H and O–H groups in total. The van der Waals surface area contributed by atoms with Crippen LogP contribution in [0.15, 0.2) is 72.9 Å². The van der Waals surface area contributed by atoms with Crippen LogP contribution >= 0.6 is 0 Å². The molecule has 0 fully saturated rings. The lowest BCUT2D eigenvalue weighted by atomic mass is 10.0. The Morgan fingerprint density at radius 2 is 0.534 bits per heavy atom. The standard InChI is InChI=1S/C67H118O6/c1-4-7-10-13-16-19-22-25-28-31-34-37-39-42-45-48-51-54-57-60-66(69)72-63-64(73-67(70)61-58-55-52-49-46-43-40-36-33-30-27-24-21-18-15-12-9-6-3)62-71-65(68)59-56-53-50-47-44-41-38-35-32-29-26-23-20-17-14-11-8-5-2/h7,10,16,19,25,28,30,33-34,37,42,45,64H,4-6,8-9,11-15,17-18,20-24,26-27,29,31-32,35-36,38-41,43-44,46-63H2,1-3H3/b10-7-,19-16-,28-25-,33-30-,37-34-,45-42-. The van der Waals surface area contributed by atoms with E-state index in [0.29, 0.717) is 19.3 Å². The van der Waals surface area contributed by atoms with Crippen molar-refractivity contribution in [2.24, 2.45) is 0 Å². The summed E-state index contributed by atoms with van der Waals surface area (Å²) in [5.74, 6) is -0.907. The van der Waals surface area contributed by atoms with Crippen LogP contribution in [0.1, 0.15) is 316 Å². The minimum Gasteiger partial charge on any atom is -0.462 e. The summed E-state index contributed by atoms with van der Waals surface area (Å²) in [6, 6.07) is 0. The number of carbonyl (C=O) groups is 3. The molecule has 6 nitrogen and oxygen atoms in total. The molecule has 6 heteroatoms. The molecular formula is C67H118O6. The minimum absolute atomic E-state index is 0.0849. The van der Waals surface area contributed by atoms with Gasteiger partial charge in [-0.05, 0) is 89.9 Å². The summed E-state index contributed by atoms with van der Waals surface area (Å²) < 4.78 is 16.9. The molecule has 422 valence electrons. The number of esters is 3. The minimum atomic E-state index is -0.791. The van der Waals surface area contributed by atoms with Crippen molar-refractivity contribution in [2.75, 3.05) is 13.2 Å². The van der Waals surface area contributed by atoms with Gasteiger partial charge in [-0.25, -0.2) is 0 Å². The van der Waals surface area contributed by atoms with E-state index in [9.17, 15) is 14.4 Å². The molecule has 0 aliphatic carbocycles. The number of ether oxygens (including phenoxy) is 3. The van der Waals surface area contributed by atoms with Crippen LogP contribution < -0.4 is 0 Å². The van der Waals surface area contributed by atoms with Gasteiger partial charge in [0.2, 0.25) is 0 Å². The number of carbonyl (C=O) groups excluding carboxylic acids is 3. The first-order valence-corrected chi connectivity index (χ1v) is 31.4. The summed E-state index contributed by atoms with van der Waals surface area (Å²) in [7, 11) is 0. The van der Waals surface area contributed by atoms with Crippen molar-refractivity contribution >= 4 is 17.9 Å². The zero-order valence-corrected chi connectivity index (χ0v) is 48.4. The molecule has 0 aliphatic rings. The summed E-state index contributed by atoms with van der Waals surface area (Å²) in [6.45, 7) is 6.54. The second kappa shape index (κ2) is 61.4. The predicted octanol–water partition coefficient (Wildman–Crippen LogP) is 21.3. The molecule has 0 amide bonds. The van der Waals surface area contributed by atoms with E-state index in [-0.39, 0.29) is 31.1 Å². The molecule has 0 saturated heterocycles. The van der Waals surface area contributed by atoms with Crippen molar-refractivity contribution in [3.05, 3.63) is 72.9 Å². The Bertz CT molecular complexity index is 1360. The lowest BCUT2D eigenvalue weighted by Crippen LogP contribution is -2.30. The van der Waals surface area contributed by atoms with Crippen molar-refractivity contribution in [3.8, 4) is 0 Å². The first kappa shape index (κ1) is 69.8. The SMILES string of the molecule is CC/C=C\C/C=C\C/C=C\C/C=C\C/C=C\CCCCCC(=O)OCC(COC(=O)CCCCCCCCCCCCCCCCCCCC)OC(=O)CCCCCCCCC/C=C\CCCCCCCCC. The van der Waals surface area contributed by atoms with Crippen molar-refractivity contribution in [3.63, 3.8) is 0 Å². The van der Waals surface area contributed by atoms with Crippen LogP contribution in [0, 0.1) is 0 Å². The largest absolute Gasteiger partial charge is 0.462 e. The zero-order valence-electron chi connectivity index (χ0n) is 48.4. The normalized spacial score (nSPS) is 12.5. The predicted molar refractivity (Wildman–Crippen MR) is 316 cm³/mol. The Hall–Kier alpha value is -3.15. The molecule has 73 heavy (non-hydrogen) atoms. The van der Waals surface area contributed by atoms with Gasteiger partial charge in [-0.2, -0.15) is 0 Å². The number of unbranched alkanes of at least 4 members (excludes halogenated alkanes) is 34. The van der Waals surface area contributed by atoms with Gasteiger partial charge in [0.1, 0.15) is 13.2 Å². The van der Waals surface area contributed by atoms with Gasteiger partial charge in [0.05, 0.1) is 0 Å². The Kier molecular flexibility index (Phi) is 58.7. The van der Waals surface area contributed by atoms with Crippen LogP contribution in [0.5, 0.6) is 0 Å². The number of rotatable bonds is 57. The average Bonchev–Trinajstić information content (AvgIpc) is 3.39. The van der Waals surface area contributed by atoms with Gasteiger partial charge in [0, 0.05) is 19.3 Å². The third kappa shape index (κ3) is 59.6. The van der Waals surface area contributed by atoms with Gasteiger partial charge in [-0.15, -0.1) is 0 Å². The van der Waals surface area contributed by atoms with Crippen molar-refractivity contribution in [1.82, 2.24) is 0 Å². The molecule has 0 radical (unpaired) electrons. The van der Waals surface area contributed by atoms with Crippen LogP contribution in [-0.2, 0) is 28.6 Å². The molecule has 0 aliphatic heterocycles. The summed E-state index contributed by atoms with van der Waals surface area (Å²) in [4.78, 5) is 38.3. The first-order chi connectivity index (χ1) is 36.0. The van der Waals surface area contributed by atoms with E-state index in [1.807, 2.05) is 0 Å². The topological polar surface area (TPSA) is 78.9 Å². The highest BCUT2D eigenvalue weighted by Gasteiger charge is 2.19. The van der Waals surface area contributed by atoms with Crippen LogP contribution in [0.25, 0.3) is 0 Å². The number of hydrogen-bond acceptors (Lipinski definition) is 6. The fourth-order valence-corrected chi connectivity index (χ4v) is 9.00. The summed E-state index contributed by atoms with van der Waals surface area (Å²) in [6.07, 6.45) is 79.0. The highest BCUT2D eigenvalue weighted by atomic mass is 16.6.